The second-order valence-corrected chi connectivity index (χ2v) is 5.76. The number of rotatable bonds is 2. The second-order valence-electron chi connectivity index (χ2n) is 5.35. The summed E-state index contributed by atoms with van der Waals surface area (Å²) in [6, 6.07) is 5.47. The van der Waals surface area contributed by atoms with Crippen molar-refractivity contribution in [3.05, 3.63) is 33.7 Å². The van der Waals surface area contributed by atoms with Crippen molar-refractivity contribution in [1.29, 1.82) is 0 Å². The first-order chi connectivity index (χ1) is 10.6. The molecule has 1 aromatic heterocycles. The molecule has 1 saturated heterocycles. The predicted molar refractivity (Wildman–Crippen MR) is 84.4 cm³/mol. The lowest BCUT2D eigenvalue weighted by atomic mass is 10.0. The molecular formula is C15H18ClN3O3. The molecule has 0 radical (unpaired) electrons. The molecule has 1 N–H and O–H groups in total. The van der Waals surface area contributed by atoms with Crippen LogP contribution in [0.15, 0.2) is 23.0 Å². The summed E-state index contributed by atoms with van der Waals surface area (Å²) in [4.78, 5) is 28.5. The van der Waals surface area contributed by atoms with Gasteiger partial charge in [-0.15, -0.1) is 0 Å². The van der Waals surface area contributed by atoms with Crippen molar-refractivity contribution in [1.82, 2.24) is 14.5 Å². The molecule has 1 aromatic carbocycles. The highest BCUT2D eigenvalue weighted by atomic mass is 35.5. The zero-order chi connectivity index (χ0) is 15.7. The third-order valence-corrected chi connectivity index (χ3v) is 4.35. The van der Waals surface area contributed by atoms with Gasteiger partial charge in [0.25, 0.3) is 0 Å². The van der Waals surface area contributed by atoms with Gasteiger partial charge in [0.2, 0.25) is 0 Å². The first-order valence-corrected chi connectivity index (χ1v) is 7.80. The van der Waals surface area contributed by atoms with Crippen molar-refractivity contribution in [2.24, 2.45) is 0 Å². The molecule has 0 spiro atoms. The van der Waals surface area contributed by atoms with Crippen LogP contribution in [0.1, 0.15) is 25.8 Å². The largest absolute Gasteiger partial charge is 0.450 e. The van der Waals surface area contributed by atoms with Crippen LogP contribution in [0.4, 0.5) is 4.79 Å². The van der Waals surface area contributed by atoms with Crippen LogP contribution in [0.5, 0.6) is 0 Å². The van der Waals surface area contributed by atoms with E-state index in [1.54, 1.807) is 22.5 Å². The summed E-state index contributed by atoms with van der Waals surface area (Å²) < 4.78 is 6.73. The van der Waals surface area contributed by atoms with Crippen molar-refractivity contribution in [2.45, 2.75) is 25.8 Å². The maximum atomic E-state index is 12.3. The normalized spacial score (nSPS) is 16.2. The first kappa shape index (κ1) is 15.0. The molecule has 0 atom stereocenters. The number of hydrogen-bond acceptors (Lipinski definition) is 3. The number of H-pyrrole nitrogens is 1. The van der Waals surface area contributed by atoms with E-state index < -0.39 is 0 Å². The van der Waals surface area contributed by atoms with Gasteiger partial charge in [0.15, 0.2) is 0 Å². The number of carbonyl (C=O) groups is 1. The number of likely N-dealkylation sites (tertiary alicyclic amines) is 1. The van der Waals surface area contributed by atoms with Crippen LogP contribution < -0.4 is 5.69 Å². The number of para-hydroxylation sites is 1. The van der Waals surface area contributed by atoms with E-state index in [0.29, 0.717) is 37.6 Å². The molecule has 1 fully saturated rings. The van der Waals surface area contributed by atoms with Crippen LogP contribution in [-0.4, -0.2) is 40.2 Å². The van der Waals surface area contributed by atoms with Gasteiger partial charge in [0.1, 0.15) is 0 Å². The average Bonchev–Trinajstić information content (AvgIpc) is 2.85. The van der Waals surface area contributed by atoms with Gasteiger partial charge in [-0.05, 0) is 31.9 Å². The van der Waals surface area contributed by atoms with Crippen LogP contribution in [0.3, 0.4) is 0 Å². The highest BCUT2D eigenvalue weighted by Crippen LogP contribution is 2.28. The number of amides is 1. The Labute approximate surface area is 132 Å². The van der Waals surface area contributed by atoms with Gasteiger partial charge in [0.05, 0.1) is 22.7 Å². The number of nitrogens with one attached hydrogen (secondary N) is 1. The van der Waals surface area contributed by atoms with Crippen LogP contribution >= 0.6 is 11.6 Å². The molecule has 0 aliphatic carbocycles. The summed E-state index contributed by atoms with van der Waals surface area (Å²) in [5.41, 5.74) is 1.33. The Kier molecular flexibility index (Phi) is 4.11. The molecule has 0 unspecified atom stereocenters. The number of imidazole rings is 1. The molecule has 2 aromatic rings. The number of hydrogen-bond donors (Lipinski definition) is 1. The zero-order valence-electron chi connectivity index (χ0n) is 12.3. The third kappa shape index (κ3) is 2.59. The highest BCUT2D eigenvalue weighted by Gasteiger charge is 2.27. The number of aromatic amines is 1. The van der Waals surface area contributed by atoms with E-state index in [9.17, 15) is 9.59 Å². The minimum atomic E-state index is -0.287. The summed E-state index contributed by atoms with van der Waals surface area (Å²) in [5.74, 6) is 0. The fourth-order valence-corrected chi connectivity index (χ4v) is 3.27. The van der Waals surface area contributed by atoms with Gasteiger partial charge in [-0.25, -0.2) is 9.59 Å². The molecule has 1 aliphatic rings. The Morgan fingerprint density at radius 3 is 2.82 bits per heavy atom. The number of benzene rings is 1. The Bertz CT molecular complexity index is 744. The first-order valence-electron chi connectivity index (χ1n) is 7.42. The Morgan fingerprint density at radius 1 is 1.41 bits per heavy atom. The zero-order valence-corrected chi connectivity index (χ0v) is 13.1. The lowest BCUT2D eigenvalue weighted by Gasteiger charge is -2.31. The van der Waals surface area contributed by atoms with E-state index in [1.807, 2.05) is 12.1 Å². The van der Waals surface area contributed by atoms with Gasteiger partial charge >= 0.3 is 11.8 Å². The van der Waals surface area contributed by atoms with E-state index in [1.165, 1.54) is 0 Å². The number of ether oxygens (including phenoxy) is 1. The van der Waals surface area contributed by atoms with Crippen molar-refractivity contribution < 1.29 is 9.53 Å². The molecular weight excluding hydrogens is 306 g/mol. The summed E-state index contributed by atoms with van der Waals surface area (Å²) in [7, 11) is 0. The van der Waals surface area contributed by atoms with E-state index >= 15 is 0 Å². The monoisotopic (exact) mass is 323 g/mol. The fourth-order valence-electron chi connectivity index (χ4n) is 3.01. The Balaban J connectivity index is 1.84. The number of halogens is 1. The van der Waals surface area contributed by atoms with Gasteiger partial charge in [-0.3, -0.25) is 4.57 Å². The summed E-state index contributed by atoms with van der Waals surface area (Å²) >= 11 is 6.25. The Morgan fingerprint density at radius 2 is 2.14 bits per heavy atom. The van der Waals surface area contributed by atoms with E-state index in [-0.39, 0.29) is 17.8 Å². The summed E-state index contributed by atoms with van der Waals surface area (Å²) in [5, 5.41) is 0.559. The Hall–Kier alpha value is -1.95. The molecule has 0 saturated carbocycles. The van der Waals surface area contributed by atoms with Crippen molar-refractivity contribution in [3.63, 3.8) is 0 Å². The molecule has 0 bridgehead atoms. The molecule has 22 heavy (non-hydrogen) atoms. The molecule has 7 heteroatoms. The third-order valence-electron chi connectivity index (χ3n) is 4.04. The van der Waals surface area contributed by atoms with Crippen molar-refractivity contribution in [3.8, 4) is 0 Å². The number of piperidine rings is 1. The number of fused-ring (bicyclic) bond motifs is 1. The van der Waals surface area contributed by atoms with E-state index in [4.69, 9.17) is 16.3 Å². The topological polar surface area (TPSA) is 67.3 Å². The maximum absolute atomic E-state index is 12.3. The van der Waals surface area contributed by atoms with Crippen LogP contribution in [0.2, 0.25) is 5.02 Å². The highest BCUT2D eigenvalue weighted by molar-refractivity contribution is 6.34. The average molecular weight is 324 g/mol. The summed E-state index contributed by atoms with van der Waals surface area (Å²) in [6.07, 6.45) is 1.12. The molecule has 2 heterocycles. The predicted octanol–water partition coefficient (Wildman–Crippen LogP) is 2.78. The molecule has 6 nitrogen and oxygen atoms in total. The van der Waals surface area contributed by atoms with Gasteiger partial charge < -0.3 is 14.6 Å². The molecule has 118 valence electrons. The van der Waals surface area contributed by atoms with Crippen LogP contribution in [0.25, 0.3) is 11.0 Å². The summed E-state index contributed by atoms with van der Waals surface area (Å²) in [6.45, 7) is 3.31. The SMILES string of the molecule is CCOC(=O)N1CCC(n2c(=O)[nH]c3cccc(Cl)c32)CC1. The standard InChI is InChI=1S/C15H18ClN3O3/c1-2-22-15(21)18-8-6-10(7-9-18)19-13-11(16)4-3-5-12(13)17-14(19)20/h3-5,10H,2,6-9H2,1H3,(H,17,20). The lowest BCUT2D eigenvalue weighted by molar-refractivity contribution is 0.0928. The molecule has 3 rings (SSSR count). The quantitative estimate of drug-likeness (QED) is 0.924. The van der Waals surface area contributed by atoms with E-state index in [0.717, 1.165) is 11.0 Å². The molecule has 1 aliphatic heterocycles. The van der Waals surface area contributed by atoms with Gasteiger partial charge in [0, 0.05) is 19.1 Å². The van der Waals surface area contributed by atoms with Crippen LogP contribution in [-0.2, 0) is 4.74 Å². The second kappa shape index (κ2) is 6.04. The lowest BCUT2D eigenvalue weighted by Crippen LogP contribution is -2.40. The number of nitrogens with zero attached hydrogens (tertiary/aromatic N) is 2. The molecule has 1 amide bonds. The van der Waals surface area contributed by atoms with E-state index in [2.05, 4.69) is 4.98 Å². The minimum Gasteiger partial charge on any atom is -0.450 e. The van der Waals surface area contributed by atoms with Crippen LogP contribution in [0, 0.1) is 0 Å². The number of aromatic nitrogens is 2. The fraction of sp³-hybridized carbons (Fsp3) is 0.467. The van der Waals surface area contributed by atoms with Crippen molar-refractivity contribution >= 4 is 28.7 Å². The number of carbonyl (C=O) groups excluding carboxylic acids is 1. The van der Waals surface area contributed by atoms with Gasteiger partial charge in [-0.1, -0.05) is 17.7 Å². The minimum absolute atomic E-state index is 0.0341. The maximum Gasteiger partial charge on any atom is 0.409 e. The smallest absolute Gasteiger partial charge is 0.409 e. The van der Waals surface area contributed by atoms with Gasteiger partial charge in [-0.2, -0.15) is 0 Å². The van der Waals surface area contributed by atoms with Crippen molar-refractivity contribution in [2.75, 3.05) is 19.7 Å².